The molecule has 1 aromatic rings. The number of hydrogen-bond acceptors (Lipinski definition) is 2. The van der Waals surface area contributed by atoms with Gasteiger partial charge in [0.15, 0.2) is 0 Å². The Bertz CT molecular complexity index is 406. The first-order valence-corrected chi connectivity index (χ1v) is 6.16. The van der Waals surface area contributed by atoms with E-state index in [1.165, 1.54) is 0 Å². The van der Waals surface area contributed by atoms with Gasteiger partial charge >= 0.3 is 5.97 Å². The van der Waals surface area contributed by atoms with Crippen molar-refractivity contribution in [3.05, 3.63) is 29.8 Å². The highest BCUT2D eigenvalue weighted by Crippen LogP contribution is 2.44. The Morgan fingerprint density at radius 3 is 2.59 bits per heavy atom. The number of ether oxygens (including phenoxy) is 1. The van der Waals surface area contributed by atoms with Crippen molar-refractivity contribution in [1.29, 1.82) is 0 Å². The summed E-state index contributed by atoms with van der Waals surface area (Å²) >= 11 is 0. The van der Waals surface area contributed by atoms with Crippen LogP contribution < -0.4 is 4.74 Å². The molecular formula is C14H18O3. The summed E-state index contributed by atoms with van der Waals surface area (Å²) in [6, 6.07) is 7.53. The first-order valence-electron chi connectivity index (χ1n) is 6.16. The second-order valence-corrected chi connectivity index (χ2v) is 4.52. The van der Waals surface area contributed by atoms with Gasteiger partial charge in [-0.3, -0.25) is 4.79 Å². The Morgan fingerprint density at radius 2 is 2.00 bits per heavy atom. The van der Waals surface area contributed by atoms with E-state index in [0.717, 1.165) is 24.2 Å². The van der Waals surface area contributed by atoms with Crippen LogP contribution in [0.15, 0.2) is 24.3 Å². The number of para-hydroxylation sites is 1. The Kier molecular flexibility index (Phi) is 3.36. The highest BCUT2D eigenvalue weighted by Gasteiger charge is 2.44. The predicted octanol–water partition coefficient (Wildman–Crippen LogP) is 2.98. The van der Waals surface area contributed by atoms with Crippen molar-refractivity contribution in [2.75, 3.05) is 6.61 Å². The first-order chi connectivity index (χ1) is 8.20. The number of carbonyl (C=O) groups is 1. The molecule has 1 N–H and O–H groups in total. The van der Waals surface area contributed by atoms with Crippen LogP contribution in [0.3, 0.4) is 0 Å². The van der Waals surface area contributed by atoms with Crippen LogP contribution in [0.25, 0.3) is 0 Å². The SMILES string of the molecule is CCOc1ccccc1C1(C(=O)O)CCCC1. The lowest BCUT2D eigenvalue weighted by atomic mass is 9.78. The van der Waals surface area contributed by atoms with Crippen LogP contribution >= 0.6 is 0 Å². The minimum Gasteiger partial charge on any atom is -0.494 e. The zero-order valence-corrected chi connectivity index (χ0v) is 10.1. The fraction of sp³-hybridized carbons (Fsp3) is 0.500. The largest absolute Gasteiger partial charge is 0.494 e. The quantitative estimate of drug-likeness (QED) is 0.871. The van der Waals surface area contributed by atoms with Crippen LogP contribution in [-0.4, -0.2) is 17.7 Å². The molecule has 2 rings (SSSR count). The van der Waals surface area contributed by atoms with Gasteiger partial charge in [-0.1, -0.05) is 31.0 Å². The van der Waals surface area contributed by atoms with Crippen LogP contribution in [0.1, 0.15) is 38.2 Å². The second kappa shape index (κ2) is 4.78. The smallest absolute Gasteiger partial charge is 0.314 e. The van der Waals surface area contributed by atoms with E-state index in [-0.39, 0.29) is 0 Å². The maximum atomic E-state index is 11.6. The molecule has 0 unspecified atom stereocenters. The maximum Gasteiger partial charge on any atom is 0.314 e. The van der Waals surface area contributed by atoms with Crippen LogP contribution in [-0.2, 0) is 10.2 Å². The average molecular weight is 234 g/mol. The summed E-state index contributed by atoms with van der Waals surface area (Å²) < 4.78 is 5.56. The van der Waals surface area contributed by atoms with E-state index in [1.54, 1.807) is 0 Å². The molecule has 1 aliphatic carbocycles. The number of rotatable bonds is 4. The monoisotopic (exact) mass is 234 g/mol. The molecule has 0 spiro atoms. The molecule has 3 nitrogen and oxygen atoms in total. The van der Waals surface area contributed by atoms with E-state index >= 15 is 0 Å². The third-order valence-corrected chi connectivity index (χ3v) is 3.57. The summed E-state index contributed by atoms with van der Waals surface area (Å²) in [6.07, 6.45) is 3.39. The predicted molar refractivity (Wildman–Crippen MR) is 65.4 cm³/mol. The molecule has 0 heterocycles. The summed E-state index contributed by atoms with van der Waals surface area (Å²) in [5, 5.41) is 9.55. The minimum atomic E-state index is -0.730. The summed E-state index contributed by atoms with van der Waals surface area (Å²) in [5.74, 6) is 0.00135. The summed E-state index contributed by atoms with van der Waals surface area (Å²) in [4.78, 5) is 11.6. The zero-order chi connectivity index (χ0) is 12.3. The Morgan fingerprint density at radius 1 is 1.35 bits per heavy atom. The number of hydrogen-bond donors (Lipinski definition) is 1. The van der Waals surface area contributed by atoms with Crippen LogP contribution in [0, 0.1) is 0 Å². The van der Waals surface area contributed by atoms with Crippen LogP contribution in [0.5, 0.6) is 5.75 Å². The average Bonchev–Trinajstić information content (AvgIpc) is 2.80. The lowest BCUT2D eigenvalue weighted by Gasteiger charge is -2.26. The number of benzene rings is 1. The molecule has 0 bridgehead atoms. The molecule has 3 heteroatoms. The lowest BCUT2D eigenvalue weighted by Crippen LogP contribution is -2.33. The second-order valence-electron chi connectivity index (χ2n) is 4.52. The van der Waals surface area contributed by atoms with Crippen molar-refractivity contribution >= 4 is 5.97 Å². The van der Waals surface area contributed by atoms with Gasteiger partial charge in [-0.2, -0.15) is 0 Å². The molecule has 17 heavy (non-hydrogen) atoms. The standard InChI is InChI=1S/C14H18O3/c1-2-17-12-8-4-3-7-11(12)14(13(15)16)9-5-6-10-14/h3-4,7-8H,2,5-6,9-10H2,1H3,(H,15,16). The van der Waals surface area contributed by atoms with Gasteiger partial charge in [0, 0.05) is 5.56 Å². The molecule has 1 aliphatic rings. The van der Waals surface area contributed by atoms with Gasteiger partial charge in [0.25, 0.3) is 0 Å². The van der Waals surface area contributed by atoms with Crippen molar-refractivity contribution in [2.45, 2.75) is 38.0 Å². The van der Waals surface area contributed by atoms with Crippen molar-refractivity contribution in [2.24, 2.45) is 0 Å². The summed E-state index contributed by atoms with van der Waals surface area (Å²) in [6.45, 7) is 2.48. The molecular weight excluding hydrogens is 216 g/mol. The molecule has 0 saturated heterocycles. The third-order valence-electron chi connectivity index (χ3n) is 3.57. The number of carboxylic acid groups (broad SMARTS) is 1. The summed E-state index contributed by atoms with van der Waals surface area (Å²) in [7, 11) is 0. The first kappa shape index (κ1) is 12.0. The third kappa shape index (κ3) is 2.02. The van der Waals surface area contributed by atoms with Gasteiger partial charge in [0.05, 0.1) is 12.0 Å². The Hall–Kier alpha value is -1.51. The van der Waals surface area contributed by atoms with Crippen LogP contribution in [0.2, 0.25) is 0 Å². The maximum absolute atomic E-state index is 11.6. The number of carboxylic acids is 1. The van der Waals surface area contributed by atoms with Crippen molar-refractivity contribution in [3.63, 3.8) is 0 Å². The summed E-state index contributed by atoms with van der Waals surface area (Å²) in [5.41, 5.74) is 0.109. The number of aliphatic carboxylic acids is 1. The van der Waals surface area contributed by atoms with Gasteiger partial charge in [-0.25, -0.2) is 0 Å². The normalized spacial score (nSPS) is 17.9. The molecule has 0 aliphatic heterocycles. The van der Waals surface area contributed by atoms with Gasteiger partial charge in [-0.05, 0) is 25.8 Å². The molecule has 1 aromatic carbocycles. The van der Waals surface area contributed by atoms with Gasteiger partial charge in [-0.15, -0.1) is 0 Å². The minimum absolute atomic E-state index is 0.562. The van der Waals surface area contributed by atoms with Gasteiger partial charge < -0.3 is 9.84 Å². The van der Waals surface area contributed by atoms with E-state index in [1.807, 2.05) is 31.2 Å². The van der Waals surface area contributed by atoms with E-state index in [9.17, 15) is 9.90 Å². The molecule has 0 aromatic heterocycles. The molecule has 0 amide bonds. The topological polar surface area (TPSA) is 46.5 Å². The molecule has 1 fully saturated rings. The van der Waals surface area contributed by atoms with E-state index in [2.05, 4.69) is 0 Å². The van der Waals surface area contributed by atoms with Crippen LogP contribution in [0.4, 0.5) is 0 Å². The fourth-order valence-electron chi connectivity index (χ4n) is 2.72. The molecule has 0 atom stereocenters. The lowest BCUT2D eigenvalue weighted by molar-refractivity contribution is -0.143. The Balaban J connectivity index is 2.46. The van der Waals surface area contributed by atoms with Crippen molar-refractivity contribution in [1.82, 2.24) is 0 Å². The van der Waals surface area contributed by atoms with Gasteiger partial charge in [0.2, 0.25) is 0 Å². The fourth-order valence-corrected chi connectivity index (χ4v) is 2.72. The van der Waals surface area contributed by atoms with E-state index < -0.39 is 11.4 Å². The molecule has 0 radical (unpaired) electrons. The van der Waals surface area contributed by atoms with E-state index in [0.29, 0.717) is 19.4 Å². The Labute approximate surface area is 101 Å². The van der Waals surface area contributed by atoms with Crippen molar-refractivity contribution < 1.29 is 14.6 Å². The van der Waals surface area contributed by atoms with E-state index in [4.69, 9.17) is 4.74 Å². The highest BCUT2D eigenvalue weighted by atomic mass is 16.5. The zero-order valence-electron chi connectivity index (χ0n) is 10.1. The molecule has 1 saturated carbocycles. The van der Waals surface area contributed by atoms with Crippen molar-refractivity contribution in [3.8, 4) is 5.75 Å². The highest BCUT2D eigenvalue weighted by molar-refractivity contribution is 5.83. The molecule has 92 valence electrons. The van der Waals surface area contributed by atoms with Gasteiger partial charge in [0.1, 0.15) is 5.75 Å².